The molecule has 1 fully saturated rings. The Bertz CT molecular complexity index is 749. The number of halogens is 1. The van der Waals surface area contributed by atoms with E-state index in [1.807, 2.05) is 21.7 Å². The fourth-order valence-corrected chi connectivity index (χ4v) is 2.88. The highest BCUT2D eigenvalue weighted by molar-refractivity contribution is 6.33. The molecule has 1 saturated heterocycles. The molecule has 25 heavy (non-hydrogen) atoms. The lowest BCUT2D eigenvalue weighted by molar-refractivity contribution is -0.120. The summed E-state index contributed by atoms with van der Waals surface area (Å²) in [6.45, 7) is 2.70. The number of nitrogens with zero attached hydrogens (tertiary/aromatic N) is 3. The molecule has 8 nitrogen and oxygen atoms in total. The second-order valence-corrected chi connectivity index (χ2v) is 6.03. The first-order valence-electron chi connectivity index (χ1n) is 7.93. The molecule has 1 aliphatic rings. The van der Waals surface area contributed by atoms with Crippen LogP contribution >= 0.6 is 11.6 Å². The lowest BCUT2D eigenvalue weighted by atomic mass is 10.2. The third kappa shape index (κ3) is 4.63. The molecule has 1 aromatic heterocycles. The van der Waals surface area contributed by atoms with E-state index in [1.54, 1.807) is 24.7 Å². The summed E-state index contributed by atoms with van der Waals surface area (Å²) in [5.74, 6) is -0.0261. The average Bonchev–Trinajstić information content (AvgIpc) is 3.08. The van der Waals surface area contributed by atoms with Crippen LogP contribution in [0.25, 0.3) is 0 Å². The van der Waals surface area contributed by atoms with Crippen LogP contribution in [0.2, 0.25) is 5.02 Å². The Balaban J connectivity index is 1.53. The number of hydrogen-bond acceptors (Lipinski definition) is 4. The number of benzene rings is 1. The second-order valence-electron chi connectivity index (χ2n) is 5.62. The van der Waals surface area contributed by atoms with Crippen LogP contribution in [-0.2, 0) is 11.3 Å². The molecule has 0 atom stereocenters. The van der Waals surface area contributed by atoms with Gasteiger partial charge in [-0.2, -0.15) is 0 Å². The normalized spacial score (nSPS) is 14.1. The van der Waals surface area contributed by atoms with Crippen molar-refractivity contribution >= 4 is 34.9 Å². The maximum absolute atomic E-state index is 11.9. The third-order valence-corrected chi connectivity index (χ3v) is 4.10. The van der Waals surface area contributed by atoms with E-state index in [9.17, 15) is 9.59 Å². The predicted octanol–water partition coefficient (Wildman–Crippen LogP) is 1.29. The van der Waals surface area contributed by atoms with Crippen molar-refractivity contribution in [2.75, 3.05) is 36.4 Å². The molecule has 3 N–H and O–H groups in total. The summed E-state index contributed by atoms with van der Waals surface area (Å²) in [4.78, 5) is 29.3. The van der Waals surface area contributed by atoms with Gasteiger partial charge in [0, 0.05) is 44.3 Å². The highest BCUT2D eigenvalue weighted by Crippen LogP contribution is 2.29. The molecule has 3 amide bonds. The van der Waals surface area contributed by atoms with Crippen molar-refractivity contribution < 1.29 is 9.59 Å². The van der Waals surface area contributed by atoms with Gasteiger partial charge in [-0.05, 0) is 18.2 Å². The number of carbonyl (C=O) groups excluding carboxylic acids is 2. The molecule has 0 spiro atoms. The standard InChI is InChI=1S/C16H19ClN6O2/c17-13-9-12(1-2-14(13)23-8-5-19-15(24)10-23)21-16(25)20-4-7-22-6-3-18-11-22/h1-3,6,9,11H,4-5,7-8,10H2,(H,19,24)(H2,20,21,25). The maximum Gasteiger partial charge on any atom is 0.319 e. The number of hydrogen-bond donors (Lipinski definition) is 3. The number of carbonyl (C=O) groups is 2. The van der Waals surface area contributed by atoms with Crippen molar-refractivity contribution in [3.8, 4) is 0 Å². The van der Waals surface area contributed by atoms with Gasteiger partial charge < -0.3 is 25.4 Å². The first-order chi connectivity index (χ1) is 12.1. The van der Waals surface area contributed by atoms with Crippen LogP contribution in [0.4, 0.5) is 16.2 Å². The molecular weight excluding hydrogens is 344 g/mol. The first kappa shape index (κ1) is 17.1. The molecular formula is C16H19ClN6O2. The number of anilines is 2. The van der Waals surface area contributed by atoms with E-state index in [-0.39, 0.29) is 18.5 Å². The van der Waals surface area contributed by atoms with E-state index in [1.165, 1.54) is 0 Å². The summed E-state index contributed by atoms with van der Waals surface area (Å²) in [6.07, 6.45) is 5.22. The van der Waals surface area contributed by atoms with Crippen LogP contribution in [0.1, 0.15) is 0 Å². The van der Waals surface area contributed by atoms with Crippen LogP contribution in [0, 0.1) is 0 Å². The molecule has 1 aromatic carbocycles. The number of amides is 3. The third-order valence-electron chi connectivity index (χ3n) is 3.80. The zero-order chi connectivity index (χ0) is 17.6. The summed E-state index contributed by atoms with van der Waals surface area (Å²) >= 11 is 6.31. The second kappa shape index (κ2) is 7.89. The fourth-order valence-electron chi connectivity index (χ4n) is 2.58. The molecule has 132 valence electrons. The van der Waals surface area contributed by atoms with Gasteiger partial charge in [0.1, 0.15) is 0 Å². The Labute approximate surface area is 150 Å². The molecule has 0 radical (unpaired) electrons. The minimum Gasteiger partial charge on any atom is -0.359 e. The monoisotopic (exact) mass is 362 g/mol. The van der Waals surface area contributed by atoms with Gasteiger partial charge >= 0.3 is 6.03 Å². The van der Waals surface area contributed by atoms with Gasteiger partial charge in [-0.3, -0.25) is 4.79 Å². The lowest BCUT2D eigenvalue weighted by Gasteiger charge is -2.29. The van der Waals surface area contributed by atoms with Crippen molar-refractivity contribution in [3.05, 3.63) is 41.9 Å². The number of nitrogens with one attached hydrogen (secondary N) is 3. The van der Waals surface area contributed by atoms with Crippen LogP contribution in [0.3, 0.4) is 0 Å². The Morgan fingerprint density at radius 2 is 2.28 bits per heavy atom. The van der Waals surface area contributed by atoms with Crippen LogP contribution in [0.15, 0.2) is 36.9 Å². The van der Waals surface area contributed by atoms with E-state index >= 15 is 0 Å². The van der Waals surface area contributed by atoms with Crippen molar-refractivity contribution in [2.24, 2.45) is 0 Å². The number of aromatic nitrogens is 2. The van der Waals surface area contributed by atoms with Crippen LogP contribution < -0.4 is 20.9 Å². The zero-order valence-electron chi connectivity index (χ0n) is 13.5. The van der Waals surface area contributed by atoms with Crippen molar-refractivity contribution in [3.63, 3.8) is 0 Å². The van der Waals surface area contributed by atoms with Crippen LogP contribution in [-0.4, -0.2) is 47.7 Å². The first-order valence-corrected chi connectivity index (χ1v) is 8.31. The maximum atomic E-state index is 11.9. The summed E-state index contributed by atoms with van der Waals surface area (Å²) in [5, 5.41) is 8.78. The zero-order valence-corrected chi connectivity index (χ0v) is 14.3. The minimum atomic E-state index is -0.304. The van der Waals surface area contributed by atoms with E-state index in [4.69, 9.17) is 11.6 Å². The smallest absolute Gasteiger partial charge is 0.319 e. The molecule has 1 aliphatic heterocycles. The number of urea groups is 1. The van der Waals surface area contributed by atoms with Gasteiger partial charge in [0.2, 0.25) is 5.91 Å². The highest BCUT2D eigenvalue weighted by atomic mass is 35.5. The Morgan fingerprint density at radius 1 is 1.40 bits per heavy atom. The van der Waals surface area contributed by atoms with Crippen LogP contribution in [0.5, 0.6) is 0 Å². The summed E-state index contributed by atoms with van der Waals surface area (Å²) in [5.41, 5.74) is 1.37. The predicted molar refractivity (Wildman–Crippen MR) is 95.9 cm³/mol. The van der Waals surface area contributed by atoms with Gasteiger partial charge in [-0.1, -0.05) is 11.6 Å². The quantitative estimate of drug-likeness (QED) is 0.747. The van der Waals surface area contributed by atoms with Gasteiger partial charge in [0.25, 0.3) is 0 Å². The molecule has 2 heterocycles. The number of imidazole rings is 1. The summed E-state index contributed by atoms with van der Waals surface area (Å²) < 4.78 is 1.88. The van der Waals surface area contributed by atoms with Gasteiger partial charge in [0.05, 0.1) is 23.6 Å². The molecule has 9 heteroatoms. The van der Waals surface area contributed by atoms with E-state index in [0.717, 1.165) is 5.69 Å². The van der Waals surface area contributed by atoms with E-state index < -0.39 is 0 Å². The van der Waals surface area contributed by atoms with Crippen molar-refractivity contribution in [1.29, 1.82) is 0 Å². The largest absolute Gasteiger partial charge is 0.359 e. The Kier molecular flexibility index (Phi) is 5.39. The Morgan fingerprint density at radius 3 is 3.00 bits per heavy atom. The molecule has 3 rings (SSSR count). The molecule has 0 aliphatic carbocycles. The molecule has 2 aromatic rings. The van der Waals surface area contributed by atoms with Crippen molar-refractivity contribution in [2.45, 2.75) is 6.54 Å². The topological polar surface area (TPSA) is 91.3 Å². The lowest BCUT2D eigenvalue weighted by Crippen LogP contribution is -2.47. The minimum absolute atomic E-state index is 0.0261. The summed E-state index contributed by atoms with van der Waals surface area (Å²) in [6, 6.07) is 4.95. The van der Waals surface area contributed by atoms with E-state index in [2.05, 4.69) is 20.9 Å². The average molecular weight is 363 g/mol. The SMILES string of the molecule is O=C1CN(c2ccc(NC(=O)NCCn3ccnc3)cc2Cl)CCN1. The Hall–Kier alpha value is -2.74. The molecule has 0 bridgehead atoms. The highest BCUT2D eigenvalue weighted by Gasteiger charge is 2.18. The van der Waals surface area contributed by atoms with E-state index in [0.29, 0.717) is 36.9 Å². The van der Waals surface area contributed by atoms with Gasteiger partial charge in [-0.15, -0.1) is 0 Å². The van der Waals surface area contributed by atoms with Gasteiger partial charge in [-0.25, -0.2) is 9.78 Å². The summed E-state index contributed by atoms with van der Waals surface area (Å²) in [7, 11) is 0. The van der Waals surface area contributed by atoms with Gasteiger partial charge in [0.15, 0.2) is 0 Å². The number of rotatable bonds is 5. The van der Waals surface area contributed by atoms with Crippen molar-refractivity contribution in [1.82, 2.24) is 20.2 Å². The fraction of sp³-hybridized carbons (Fsp3) is 0.312. The number of piperazine rings is 1. The molecule has 0 unspecified atom stereocenters. The molecule has 0 saturated carbocycles.